The van der Waals surface area contributed by atoms with E-state index >= 15 is 0 Å². The van der Waals surface area contributed by atoms with E-state index in [1.807, 2.05) is 0 Å². The molecule has 0 aromatic rings. The van der Waals surface area contributed by atoms with Gasteiger partial charge in [-0.3, -0.25) is 0 Å². The van der Waals surface area contributed by atoms with Gasteiger partial charge in [0, 0.05) is 75.8 Å². The minimum atomic E-state index is 0. The van der Waals surface area contributed by atoms with Crippen LogP contribution < -0.4 is 0 Å². The summed E-state index contributed by atoms with van der Waals surface area (Å²) in [4.78, 5) is 0. The van der Waals surface area contributed by atoms with E-state index in [-0.39, 0.29) is 33.5 Å². The zero-order valence-corrected chi connectivity index (χ0v) is 29.2. The first-order valence-electron chi connectivity index (χ1n) is 11.2. The summed E-state index contributed by atoms with van der Waals surface area (Å²) in [6.07, 6.45) is 5.33. The Morgan fingerprint density at radius 3 is 0.658 bits per heavy atom. The maximum atomic E-state index is 8.10. The minimum absolute atomic E-state index is 0. The molecule has 0 saturated heterocycles. The molecule has 206 valence electrons. The second-order valence-corrected chi connectivity index (χ2v) is 11.7. The molecule has 0 bridgehead atoms. The van der Waals surface area contributed by atoms with Gasteiger partial charge in [0.15, 0.2) is 0 Å². The fourth-order valence-corrected chi connectivity index (χ4v) is 3.65. The van der Waals surface area contributed by atoms with Gasteiger partial charge in [0.2, 0.25) is 16.7 Å². The predicted octanol–water partition coefficient (Wildman–Crippen LogP) is 1.25. The van der Waals surface area contributed by atoms with Crippen LogP contribution in [0.4, 0.5) is 0 Å². The Kier molecular flexibility index (Phi) is 39.1. The summed E-state index contributed by atoms with van der Waals surface area (Å²) in [6.45, 7) is 14.8. The molecule has 0 aliphatic rings. The topological polar surface area (TPSA) is 143 Å². The Balaban J connectivity index is -0.000000130. The van der Waals surface area contributed by atoms with Crippen LogP contribution in [-0.2, 0) is 92.6 Å². The van der Waals surface area contributed by atoms with Gasteiger partial charge in [0.1, 0.15) is 36.4 Å². The number of nitriles is 6. The van der Waals surface area contributed by atoms with E-state index in [4.69, 9.17) is 31.6 Å². The van der Waals surface area contributed by atoms with Crippen LogP contribution in [0, 0.1) is 68.0 Å². The molecule has 0 rings (SSSR count). The maximum absolute atomic E-state index is 8.10. The van der Waals surface area contributed by atoms with Gasteiger partial charge >= 0.3 is 29.5 Å². The fraction of sp³-hybridized carbons (Fsp3) is 0.500. The molecule has 0 aliphatic heterocycles. The fourth-order valence-electron chi connectivity index (χ4n) is 2.98. The Morgan fingerprint density at radius 2 is 0.605 bits per heavy atom. The first-order valence-corrected chi connectivity index (χ1v) is 14.2. The molecule has 0 amide bonds. The Morgan fingerprint density at radius 1 is 0.447 bits per heavy atom. The first-order chi connectivity index (χ1) is 17.4. The standard InChI is InChI=1S/C12H28N.3C4H2N2S2.Co/c1-5-9-13(10-6-2,11-7-3)12-8-4;3*5-1-3(2-6)4(7)8;/h5-12H2,1-4H3;3*7-8H;/q+1;;;;+3/p+6. The zero-order valence-electron chi connectivity index (χ0n) is 22.1. The van der Waals surface area contributed by atoms with Gasteiger partial charge in [-0.2, -0.15) is 31.6 Å². The van der Waals surface area contributed by atoms with Gasteiger partial charge in [-0.15, -0.1) is 0 Å². The monoisotopic (exact) mass is 677 g/mol. The molecule has 38 heavy (non-hydrogen) atoms. The van der Waals surface area contributed by atoms with Crippen molar-refractivity contribution in [2.45, 2.75) is 53.4 Å². The van der Waals surface area contributed by atoms with Crippen molar-refractivity contribution in [1.82, 2.24) is 0 Å². The van der Waals surface area contributed by atoms with Gasteiger partial charge in [0.25, 0.3) is 0 Å². The third-order valence-corrected chi connectivity index (χ3v) is 5.71. The van der Waals surface area contributed by atoms with Crippen LogP contribution in [0.15, 0.2) is 29.4 Å². The molecular weight excluding hydrogens is 638 g/mol. The van der Waals surface area contributed by atoms with Crippen LogP contribution >= 0.6 is 0 Å². The molecular formula is C24H40CoN7S6+10. The van der Waals surface area contributed by atoms with Gasteiger partial charge in [-0.1, -0.05) is 27.7 Å². The molecule has 0 aromatic carbocycles. The quantitative estimate of drug-likeness (QED) is 0.215. The van der Waals surface area contributed by atoms with Crippen LogP contribution in [0.25, 0.3) is 0 Å². The third-order valence-electron chi connectivity index (χ3n) is 4.21. The third kappa shape index (κ3) is 26.3. The number of allylic oxidation sites excluding steroid dienone is 3. The van der Waals surface area contributed by atoms with Crippen LogP contribution in [0.1, 0.15) is 53.4 Å². The Bertz CT molecular complexity index is 831. The van der Waals surface area contributed by atoms with Crippen molar-refractivity contribution < 1.29 is 21.3 Å². The second-order valence-electron chi connectivity index (χ2n) is 7.16. The molecule has 0 saturated carbocycles. The molecule has 0 atom stereocenters. The summed E-state index contributed by atoms with van der Waals surface area (Å²) in [5.74, 6) is 0. The molecule has 0 aromatic heterocycles. The van der Waals surface area contributed by atoms with E-state index in [1.165, 1.54) is 56.3 Å². The number of rotatable bonds is 8. The molecule has 14 heteroatoms. The van der Waals surface area contributed by atoms with Crippen LogP contribution in [-0.4, -0.2) is 30.7 Å². The predicted molar refractivity (Wildman–Crippen MR) is 177 cm³/mol. The normalized spacial score (nSPS) is 8.21. The van der Waals surface area contributed by atoms with E-state index in [2.05, 4.69) is 103 Å². The smallest absolute Gasteiger partial charge is 0.324 e. The summed E-state index contributed by atoms with van der Waals surface area (Å²) in [5, 5.41) is 48.6. The average Bonchev–Trinajstić information content (AvgIpc) is 2.83. The molecule has 0 radical (unpaired) electrons. The van der Waals surface area contributed by atoms with Gasteiger partial charge in [0.05, 0.1) is 26.2 Å². The van der Waals surface area contributed by atoms with Crippen molar-refractivity contribution in [1.29, 1.82) is 31.6 Å². The molecule has 0 fully saturated rings. The maximum Gasteiger partial charge on any atom is 3.00 e. The first kappa shape index (κ1) is 46.6. The molecule has 0 unspecified atom stereocenters. The largest absolute Gasteiger partial charge is 3.00 e. The Hall–Kier alpha value is -1.27. The molecule has 0 aliphatic carbocycles. The molecule has 0 spiro atoms. The van der Waals surface area contributed by atoms with Crippen molar-refractivity contribution in [3.8, 4) is 36.4 Å². The SMILES string of the molecule is CCC[N+](CCC)(CCC)CCC.N#CC(C#N)=C([SH2+])[SH2+].N#CC(C#N)=C([SH2+])[SH2+].N#CC(C#N)=C([SH2+])[SH2+].[Co+3]. The Labute approximate surface area is 272 Å². The van der Waals surface area contributed by atoms with E-state index in [0.29, 0.717) is 12.7 Å². The second kappa shape index (κ2) is 31.9. The summed E-state index contributed by atoms with van der Waals surface area (Å²) in [7, 11) is 0. The van der Waals surface area contributed by atoms with Gasteiger partial charge < -0.3 is 4.48 Å². The van der Waals surface area contributed by atoms with Crippen molar-refractivity contribution >= 4 is 75.8 Å². The van der Waals surface area contributed by atoms with Crippen molar-refractivity contribution in [2.75, 3.05) is 26.2 Å². The number of quaternary nitrogens is 1. The van der Waals surface area contributed by atoms with Crippen LogP contribution in [0.5, 0.6) is 0 Å². The van der Waals surface area contributed by atoms with E-state index in [1.54, 1.807) is 36.4 Å². The summed E-state index contributed by atoms with van der Waals surface area (Å²) < 4.78 is 2.53. The van der Waals surface area contributed by atoms with E-state index < -0.39 is 0 Å². The van der Waals surface area contributed by atoms with E-state index in [0.717, 1.165) is 0 Å². The van der Waals surface area contributed by atoms with E-state index in [9.17, 15) is 0 Å². The molecule has 0 N–H and O–H groups in total. The van der Waals surface area contributed by atoms with Crippen LogP contribution in [0.2, 0.25) is 0 Å². The van der Waals surface area contributed by atoms with Crippen molar-refractivity contribution in [3.63, 3.8) is 0 Å². The minimum Gasteiger partial charge on any atom is -0.324 e. The molecule has 0 heterocycles. The van der Waals surface area contributed by atoms with Gasteiger partial charge in [-0.25, -0.2) is 0 Å². The van der Waals surface area contributed by atoms with Crippen LogP contribution in [0.3, 0.4) is 0 Å². The summed E-state index contributed by atoms with van der Waals surface area (Å²) in [6, 6.07) is 10.0. The average molecular weight is 678 g/mol. The van der Waals surface area contributed by atoms with Crippen molar-refractivity contribution in [2.24, 2.45) is 0 Å². The van der Waals surface area contributed by atoms with Gasteiger partial charge in [-0.05, 0) is 25.7 Å². The number of hydrogen-bond acceptors (Lipinski definition) is 6. The summed E-state index contributed by atoms with van der Waals surface area (Å²) >= 11 is 17.7. The van der Waals surface area contributed by atoms with Crippen molar-refractivity contribution in [3.05, 3.63) is 29.4 Å². The summed E-state index contributed by atoms with van der Waals surface area (Å²) in [5.41, 5.74) is 0.120. The number of nitrogens with zero attached hydrogens (tertiary/aromatic N) is 7. The number of hydrogen-bond donors (Lipinski definition) is 0. The molecule has 7 nitrogen and oxygen atoms in total. The zero-order chi connectivity index (χ0) is 29.9.